The first-order valence-electron chi connectivity index (χ1n) is 10.3. The number of carbonyl (C=O) groups excluding carboxylic acids is 1. The van der Waals surface area contributed by atoms with Crippen LogP contribution in [-0.2, 0) is 25.0 Å². The summed E-state index contributed by atoms with van der Waals surface area (Å²) in [6.07, 6.45) is 4.89. The van der Waals surface area contributed by atoms with Gasteiger partial charge in [-0.2, -0.15) is 26.9 Å². The third-order valence-electron chi connectivity index (χ3n) is 5.20. The minimum Gasteiger partial charge on any atom is -0.477 e. The Morgan fingerprint density at radius 2 is 1.39 bits per heavy atom. The number of carbonyl (C=O) groups is 2. The Kier molecular flexibility index (Phi) is 6.73. The molecule has 0 spiro atoms. The van der Waals surface area contributed by atoms with Crippen molar-refractivity contribution in [3.05, 3.63) is 87.9 Å². The lowest BCUT2D eigenvalue weighted by Crippen LogP contribution is -2.21. The summed E-state index contributed by atoms with van der Waals surface area (Å²) in [7, 11) is -8.88. The molecule has 2 aromatic carbocycles. The van der Waals surface area contributed by atoms with E-state index >= 15 is 0 Å². The van der Waals surface area contributed by atoms with Gasteiger partial charge in [0.1, 0.15) is 0 Å². The second-order valence-corrected chi connectivity index (χ2v) is 10.5. The number of nitrogens with zero attached hydrogens (tertiary/aromatic N) is 3. The van der Waals surface area contributed by atoms with E-state index in [9.17, 15) is 36.3 Å². The summed E-state index contributed by atoms with van der Waals surface area (Å²) in [4.78, 5) is 36.4. The second kappa shape index (κ2) is 9.67. The number of aromatic nitrogens is 2. The second-order valence-electron chi connectivity index (χ2n) is 7.63. The van der Waals surface area contributed by atoms with Crippen molar-refractivity contribution in [2.24, 2.45) is 5.10 Å². The lowest BCUT2D eigenvalue weighted by atomic mass is 10.2. The van der Waals surface area contributed by atoms with Crippen molar-refractivity contribution >= 4 is 50.1 Å². The van der Waals surface area contributed by atoms with Crippen LogP contribution < -0.4 is 10.6 Å². The van der Waals surface area contributed by atoms with Gasteiger partial charge < -0.3 is 5.11 Å². The van der Waals surface area contributed by atoms with Crippen LogP contribution in [0.2, 0.25) is 0 Å². The number of carboxylic acids is 1. The average molecular weight is 561 g/mol. The van der Waals surface area contributed by atoms with Crippen LogP contribution in [0.3, 0.4) is 0 Å². The van der Waals surface area contributed by atoms with E-state index in [1.165, 1.54) is 42.6 Å². The van der Waals surface area contributed by atoms with Crippen molar-refractivity contribution in [1.29, 1.82) is 0 Å². The summed E-state index contributed by atoms with van der Waals surface area (Å²) in [5.41, 5.74) is -1.16. The first-order valence-corrected chi connectivity index (χ1v) is 13.2. The summed E-state index contributed by atoms with van der Waals surface area (Å²) in [5, 5.41) is 16.8. The summed E-state index contributed by atoms with van der Waals surface area (Å²) in [5.74, 6) is -2.06. The molecule has 0 radical (unpaired) electrons. The van der Waals surface area contributed by atoms with Gasteiger partial charge in [0.15, 0.2) is 5.69 Å². The van der Waals surface area contributed by atoms with Crippen molar-refractivity contribution in [3.63, 3.8) is 0 Å². The van der Waals surface area contributed by atoms with Gasteiger partial charge in [-0.3, -0.25) is 23.8 Å². The number of aromatic amines is 1. The number of hydrazone groups is 1. The number of H-pyrrole nitrogens is 1. The normalized spacial score (nSPS) is 15.2. The fourth-order valence-corrected chi connectivity index (χ4v) is 4.33. The number of rotatable bonds is 7. The molecule has 0 fully saturated rings. The predicted octanol–water partition coefficient (Wildman–Crippen LogP) is 1.33. The van der Waals surface area contributed by atoms with Crippen LogP contribution in [0.15, 0.2) is 85.9 Å². The van der Waals surface area contributed by atoms with E-state index in [0.717, 1.165) is 40.0 Å². The van der Waals surface area contributed by atoms with Crippen LogP contribution in [0.4, 0.5) is 5.69 Å². The summed E-state index contributed by atoms with van der Waals surface area (Å²) >= 11 is 0. The summed E-state index contributed by atoms with van der Waals surface area (Å²) in [6.45, 7) is 0. The zero-order valence-corrected chi connectivity index (χ0v) is 20.4. The molecule has 1 aromatic heterocycles. The smallest absolute Gasteiger partial charge is 0.354 e. The highest BCUT2D eigenvalue weighted by Gasteiger charge is 2.24. The fourth-order valence-electron chi connectivity index (χ4n) is 3.37. The molecule has 0 aliphatic carbocycles. The molecule has 1 aliphatic heterocycles. The zero-order valence-electron chi connectivity index (χ0n) is 18.8. The molecule has 1 amide bonds. The third kappa shape index (κ3) is 5.23. The number of hydrogen-bond acceptors (Lipinski definition) is 8. The number of hydrogen-bond donors (Lipinski definition) is 4. The molecule has 16 heteroatoms. The predicted molar refractivity (Wildman–Crippen MR) is 133 cm³/mol. The molecule has 0 bridgehead atoms. The van der Waals surface area contributed by atoms with Gasteiger partial charge in [-0.25, -0.2) is 9.48 Å². The van der Waals surface area contributed by atoms with Crippen molar-refractivity contribution in [2.75, 3.05) is 5.01 Å². The van der Waals surface area contributed by atoms with Crippen LogP contribution >= 0.6 is 0 Å². The lowest BCUT2D eigenvalue weighted by molar-refractivity contribution is -0.114. The molecule has 0 atom stereocenters. The largest absolute Gasteiger partial charge is 0.477 e. The Morgan fingerprint density at radius 3 is 1.89 bits per heavy atom. The maximum atomic E-state index is 12.9. The van der Waals surface area contributed by atoms with Gasteiger partial charge in [-0.1, -0.05) is 6.08 Å². The molecule has 0 saturated heterocycles. The number of benzene rings is 2. The molecule has 14 nitrogen and oxygen atoms in total. The number of anilines is 1. The Hall–Kier alpha value is -4.64. The molecule has 196 valence electrons. The molecular formula is C22H16N4O10S2. The molecule has 3 aromatic rings. The zero-order chi connectivity index (χ0) is 27.8. The van der Waals surface area contributed by atoms with E-state index in [1.807, 2.05) is 0 Å². The van der Waals surface area contributed by atoms with Crippen molar-refractivity contribution < 1.29 is 40.6 Å². The standard InChI is InChI=1S/C22H16N4O10S2/c27-20-13(12-23-25(20)14-4-8-16(9-5-14)37(31,32)33)2-1-3-18-19(22(29)30)24-26(21(18)28)15-6-10-17(11-7-15)38(34,35)36/h1-12,24H,(H,29,30)(H,31,32,33)(H,34,35,36). The molecule has 0 unspecified atom stereocenters. The number of amides is 1. The third-order valence-corrected chi connectivity index (χ3v) is 6.94. The van der Waals surface area contributed by atoms with Gasteiger partial charge >= 0.3 is 5.97 Å². The van der Waals surface area contributed by atoms with Crippen LogP contribution in [0.5, 0.6) is 0 Å². The Bertz CT molecular complexity index is 1810. The Labute approximate surface area is 213 Å². The van der Waals surface area contributed by atoms with E-state index in [2.05, 4.69) is 10.2 Å². The maximum Gasteiger partial charge on any atom is 0.354 e. The molecule has 4 rings (SSSR count). The minimum atomic E-state index is -4.47. The van der Waals surface area contributed by atoms with Gasteiger partial charge in [-0.15, -0.1) is 0 Å². The molecular weight excluding hydrogens is 544 g/mol. The van der Waals surface area contributed by atoms with Crippen molar-refractivity contribution in [3.8, 4) is 5.69 Å². The van der Waals surface area contributed by atoms with E-state index in [4.69, 9.17) is 9.11 Å². The van der Waals surface area contributed by atoms with Crippen LogP contribution in [-0.4, -0.2) is 58.9 Å². The lowest BCUT2D eigenvalue weighted by Gasteiger charge is -2.11. The first-order chi connectivity index (χ1) is 17.8. The minimum absolute atomic E-state index is 0.0636. The van der Waals surface area contributed by atoms with Gasteiger partial charge in [0.2, 0.25) is 0 Å². The average Bonchev–Trinajstić information content (AvgIpc) is 3.38. The van der Waals surface area contributed by atoms with E-state index < -0.39 is 48.3 Å². The monoisotopic (exact) mass is 560 g/mol. The van der Waals surface area contributed by atoms with Crippen molar-refractivity contribution in [2.45, 2.75) is 9.79 Å². The molecule has 1 aliphatic rings. The van der Waals surface area contributed by atoms with Crippen LogP contribution in [0.1, 0.15) is 16.1 Å². The van der Waals surface area contributed by atoms with Gasteiger partial charge in [-0.05, 0) is 60.7 Å². The van der Waals surface area contributed by atoms with E-state index in [0.29, 0.717) is 0 Å². The van der Waals surface area contributed by atoms with E-state index in [1.54, 1.807) is 0 Å². The number of nitrogens with one attached hydrogen (secondary N) is 1. The van der Waals surface area contributed by atoms with Gasteiger partial charge in [0, 0.05) is 0 Å². The maximum absolute atomic E-state index is 12.9. The fraction of sp³-hybridized carbons (Fsp3) is 0. The van der Waals surface area contributed by atoms with Gasteiger partial charge in [0.25, 0.3) is 31.7 Å². The highest BCUT2D eigenvalue weighted by atomic mass is 32.2. The van der Waals surface area contributed by atoms with Crippen LogP contribution in [0, 0.1) is 0 Å². The van der Waals surface area contributed by atoms with E-state index in [-0.39, 0.29) is 27.4 Å². The quantitative estimate of drug-likeness (QED) is 0.240. The molecule has 4 N–H and O–H groups in total. The topological polar surface area (TPSA) is 216 Å². The molecule has 38 heavy (non-hydrogen) atoms. The van der Waals surface area contributed by atoms with Crippen molar-refractivity contribution in [1.82, 2.24) is 9.78 Å². The first kappa shape index (κ1) is 26.4. The summed E-state index contributed by atoms with van der Waals surface area (Å²) in [6, 6.07) is 9.16. The number of aromatic carboxylic acids is 1. The number of carboxylic acid groups (broad SMARTS) is 1. The summed E-state index contributed by atoms with van der Waals surface area (Å²) < 4.78 is 63.8. The SMILES string of the molecule is O=C(O)c1[nH]n(-c2ccc(S(=O)(=O)O)cc2)c(=O)c1C=CC=C1C=NN(c2ccc(S(=O)(=O)O)cc2)C1=O. The highest BCUT2D eigenvalue weighted by Crippen LogP contribution is 2.23. The Morgan fingerprint density at radius 1 is 0.868 bits per heavy atom. The highest BCUT2D eigenvalue weighted by molar-refractivity contribution is 7.86. The molecule has 2 heterocycles. The number of allylic oxidation sites excluding steroid dienone is 2. The molecule has 0 saturated carbocycles. The van der Waals surface area contributed by atoms with Crippen LogP contribution in [0.25, 0.3) is 11.8 Å². The Balaban J connectivity index is 1.59. The van der Waals surface area contributed by atoms with Gasteiger partial charge in [0.05, 0.1) is 38.5 Å².